The van der Waals surface area contributed by atoms with Crippen LogP contribution >= 0.6 is 11.6 Å². The van der Waals surface area contributed by atoms with Gasteiger partial charge in [-0.15, -0.1) is 18.2 Å². The van der Waals surface area contributed by atoms with Crippen LogP contribution in [0.5, 0.6) is 0 Å². The predicted molar refractivity (Wildman–Crippen MR) is 34.7 cm³/mol. The molecule has 0 fully saturated rings. The van der Waals surface area contributed by atoms with Crippen molar-refractivity contribution in [3.05, 3.63) is 12.7 Å². The first-order valence-corrected chi connectivity index (χ1v) is 2.74. The molecular formula is C6H11Cl. The molecule has 0 spiro atoms. The third-order valence-electron chi connectivity index (χ3n) is 0.630. The summed E-state index contributed by atoms with van der Waals surface area (Å²) < 4.78 is 0. The van der Waals surface area contributed by atoms with E-state index in [2.05, 4.69) is 6.58 Å². The van der Waals surface area contributed by atoms with Crippen LogP contribution in [0.2, 0.25) is 0 Å². The Morgan fingerprint density at radius 2 is 2.14 bits per heavy atom. The molecule has 42 valence electrons. The highest BCUT2D eigenvalue weighted by Gasteiger charge is 2.08. The van der Waals surface area contributed by atoms with Crippen molar-refractivity contribution in [3.8, 4) is 0 Å². The van der Waals surface area contributed by atoms with Gasteiger partial charge in [-0.1, -0.05) is 6.08 Å². The van der Waals surface area contributed by atoms with E-state index in [1.165, 1.54) is 0 Å². The number of hydrogen-bond donors (Lipinski definition) is 0. The second-order valence-electron chi connectivity index (χ2n) is 2.21. The molecule has 0 rings (SSSR count). The van der Waals surface area contributed by atoms with Crippen molar-refractivity contribution in [2.45, 2.75) is 25.1 Å². The van der Waals surface area contributed by atoms with Crippen LogP contribution in [0.25, 0.3) is 0 Å². The first kappa shape index (κ1) is 7.03. The highest BCUT2D eigenvalue weighted by Crippen LogP contribution is 2.16. The van der Waals surface area contributed by atoms with Crippen molar-refractivity contribution in [1.29, 1.82) is 0 Å². The van der Waals surface area contributed by atoms with Gasteiger partial charge in [-0.05, 0) is 20.3 Å². The largest absolute Gasteiger partial charge is 0.120 e. The van der Waals surface area contributed by atoms with E-state index < -0.39 is 0 Å². The fraction of sp³-hybridized carbons (Fsp3) is 0.667. The van der Waals surface area contributed by atoms with Crippen molar-refractivity contribution in [2.24, 2.45) is 0 Å². The van der Waals surface area contributed by atoms with Gasteiger partial charge in [0, 0.05) is 4.87 Å². The van der Waals surface area contributed by atoms with Gasteiger partial charge in [-0.2, -0.15) is 0 Å². The van der Waals surface area contributed by atoms with Gasteiger partial charge in [-0.3, -0.25) is 0 Å². The summed E-state index contributed by atoms with van der Waals surface area (Å²) in [5.41, 5.74) is 0. The standard InChI is InChI=1S/C6H11Cl/c1-4-5-6(2,3)7/h4H,1,5H2,2-3H3. The molecule has 0 radical (unpaired) electrons. The molecule has 7 heavy (non-hydrogen) atoms. The molecule has 0 saturated carbocycles. The topological polar surface area (TPSA) is 0 Å². The van der Waals surface area contributed by atoms with Crippen LogP contribution < -0.4 is 0 Å². The summed E-state index contributed by atoms with van der Waals surface area (Å²) in [7, 11) is 0. The van der Waals surface area contributed by atoms with E-state index in [9.17, 15) is 0 Å². The molecule has 0 aromatic carbocycles. The van der Waals surface area contributed by atoms with Crippen LogP contribution in [0, 0.1) is 0 Å². The Labute approximate surface area is 50.2 Å². The third kappa shape index (κ3) is 6.03. The van der Waals surface area contributed by atoms with Crippen molar-refractivity contribution in [2.75, 3.05) is 0 Å². The highest BCUT2D eigenvalue weighted by molar-refractivity contribution is 6.23. The predicted octanol–water partition coefficient (Wildman–Crippen LogP) is 2.58. The van der Waals surface area contributed by atoms with Crippen molar-refractivity contribution in [3.63, 3.8) is 0 Å². The summed E-state index contributed by atoms with van der Waals surface area (Å²) in [6.07, 6.45) is 2.70. The molecule has 0 aliphatic heterocycles. The third-order valence-corrected chi connectivity index (χ3v) is 0.784. The number of hydrogen-bond acceptors (Lipinski definition) is 0. The highest BCUT2D eigenvalue weighted by atomic mass is 35.5. The molecule has 0 aromatic heterocycles. The molecule has 0 unspecified atom stereocenters. The Bertz CT molecular complexity index is 59.1. The SMILES string of the molecule is C=CCC(C)(C)Cl. The quantitative estimate of drug-likeness (QED) is 0.386. The zero-order valence-electron chi connectivity index (χ0n) is 4.87. The molecule has 0 bridgehead atoms. The fourth-order valence-electron chi connectivity index (χ4n) is 0.343. The maximum absolute atomic E-state index is 5.76. The smallest absolute Gasteiger partial charge is 0.0424 e. The van der Waals surface area contributed by atoms with E-state index in [0.717, 1.165) is 6.42 Å². The Hall–Kier alpha value is 0.0300. The fourth-order valence-corrected chi connectivity index (χ4v) is 0.452. The minimum absolute atomic E-state index is 0.0955. The van der Waals surface area contributed by atoms with Crippen LogP contribution in [0.3, 0.4) is 0 Å². The summed E-state index contributed by atoms with van der Waals surface area (Å²) in [6.45, 7) is 7.50. The Kier molecular flexibility index (Phi) is 2.38. The van der Waals surface area contributed by atoms with Gasteiger partial charge in [0.15, 0.2) is 0 Å². The molecule has 0 aromatic rings. The number of allylic oxidation sites excluding steroid dienone is 1. The molecule has 0 aliphatic rings. The lowest BCUT2D eigenvalue weighted by Gasteiger charge is -2.10. The second-order valence-corrected chi connectivity index (χ2v) is 3.23. The lowest BCUT2D eigenvalue weighted by atomic mass is 10.1. The van der Waals surface area contributed by atoms with Gasteiger partial charge in [0.1, 0.15) is 0 Å². The number of halogens is 1. The Morgan fingerprint density at radius 1 is 1.71 bits per heavy atom. The monoisotopic (exact) mass is 118 g/mol. The molecule has 1 heteroatoms. The van der Waals surface area contributed by atoms with E-state index >= 15 is 0 Å². The lowest BCUT2D eigenvalue weighted by Crippen LogP contribution is -2.06. The van der Waals surface area contributed by atoms with Crippen LogP contribution in [0.1, 0.15) is 20.3 Å². The van der Waals surface area contributed by atoms with Gasteiger partial charge < -0.3 is 0 Å². The molecule has 0 nitrogen and oxygen atoms in total. The molecule has 0 N–H and O–H groups in total. The lowest BCUT2D eigenvalue weighted by molar-refractivity contribution is 0.713. The Morgan fingerprint density at radius 3 is 2.14 bits per heavy atom. The first-order valence-electron chi connectivity index (χ1n) is 2.36. The van der Waals surface area contributed by atoms with Crippen LogP contribution in [-0.4, -0.2) is 4.87 Å². The summed E-state index contributed by atoms with van der Waals surface area (Å²) in [5.74, 6) is 0. The normalized spacial score (nSPS) is 11.3. The zero-order valence-corrected chi connectivity index (χ0v) is 5.63. The van der Waals surface area contributed by atoms with Gasteiger partial charge in [-0.25, -0.2) is 0 Å². The van der Waals surface area contributed by atoms with Gasteiger partial charge >= 0.3 is 0 Å². The van der Waals surface area contributed by atoms with Crippen LogP contribution in [0.4, 0.5) is 0 Å². The van der Waals surface area contributed by atoms with Crippen molar-refractivity contribution in [1.82, 2.24) is 0 Å². The average molecular weight is 119 g/mol. The maximum atomic E-state index is 5.76. The molecule has 0 heterocycles. The van der Waals surface area contributed by atoms with Crippen LogP contribution in [-0.2, 0) is 0 Å². The Balaban J connectivity index is 3.34. The average Bonchev–Trinajstić information content (AvgIpc) is 1.30. The molecule has 0 saturated heterocycles. The maximum Gasteiger partial charge on any atom is 0.0424 e. The van der Waals surface area contributed by atoms with Gasteiger partial charge in [0.2, 0.25) is 0 Å². The summed E-state index contributed by atoms with van der Waals surface area (Å²) in [4.78, 5) is -0.0955. The molecule has 0 amide bonds. The summed E-state index contributed by atoms with van der Waals surface area (Å²) >= 11 is 5.76. The second kappa shape index (κ2) is 2.37. The number of rotatable bonds is 2. The number of alkyl halides is 1. The zero-order chi connectivity index (χ0) is 5.91. The van der Waals surface area contributed by atoms with E-state index in [1.807, 2.05) is 19.9 Å². The molecular weight excluding hydrogens is 108 g/mol. The molecule has 0 atom stereocenters. The van der Waals surface area contributed by atoms with E-state index in [4.69, 9.17) is 11.6 Å². The first-order chi connectivity index (χ1) is 3.06. The minimum Gasteiger partial charge on any atom is -0.120 e. The summed E-state index contributed by atoms with van der Waals surface area (Å²) in [6, 6.07) is 0. The van der Waals surface area contributed by atoms with E-state index in [0.29, 0.717) is 0 Å². The minimum atomic E-state index is -0.0955. The van der Waals surface area contributed by atoms with E-state index in [-0.39, 0.29) is 4.87 Å². The van der Waals surface area contributed by atoms with Gasteiger partial charge in [0.25, 0.3) is 0 Å². The van der Waals surface area contributed by atoms with E-state index in [1.54, 1.807) is 0 Å². The van der Waals surface area contributed by atoms with Gasteiger partial charge in [0.05, 0.1) is 0 Å². The summed E-state index contributed by atoms with van der Waals surface area (Å²) in [5, 5.41) is 0. The molecule has 0 aliphatic carbocycles. The van der Waals surface area contributed by atoms with Crippen molar-refractivity contribution < 1.29 is 0 Å². The van der Waals surface area contributed by atoms with Crippen LogP contribution in [0.15, 0.2) is 12.7 Å². The van der Waals surface area contributed by atoms with Crippen molar-refractivity contribution >= 4 is 11.6 Å².